The Balaban J connectivity index is 1.64. The molecule has 9 heteroatoms. The number of tetrazole rings is 1. The molecule has 1 saturated heterocycles. The van der Waals surface area contributed by atoms with E-state index in [2.05, 4.69) is 20.5 Å². The van der Waals surface area contributed by atoms with Gasteiger partial charge in [0.25, 0.3) is 5.56 Å². The van der Waals surface area contributed by atoms with E-state index in [0.717, 1.165) is 41.5 Å². The summed E-state index contributed by atoms with van der Waals surface area (Å²) in [6.45, 7) is 1.33. The van der Waals surface area contributed by atoms with Gasteiger partial charge in [0.15, 0.2) is 0 Å². The fraction of sp³-hybridized carbons (Fsp3) is 0.238. The van der Waals surface area contributed by atoms with Gasteiger partial charge in [-0.3, -0.25) is 4.79 Å². The minimum absolute atomic E-state index is 0.0927. The third-order valence-corrected chi connectivity index (χ3v) is 6.39. The Bertz CT molecular complexity index is 1250. The Hall–Kier alpha value is -2.68. The number of ether oxygens (including phenoxy) is 1. The van der Waals surface area contributed by atoms with Crippen LogP contribution in [0, 0.1) is 0 Å². The van der Waals surface area contributed by atoms with E-state index in [1.54, 1.807) is 10.7 Å². The predicted molar refractivity (Wildman–Crippen MR) is 116 cm³/mol. The molecule has 1 fully saturated rings. The third-order valence-electron chi connectivity index (χ3n) is 5.09. The van der Waals surface area contributed by atoms with Crippen LogP contribution in [0.25, 0.3) is 22.0 Å². The summed E-state index contributed by atoms with van der Waals surface area (Å²) in [4.78, 5) is 16.6. The van der Waals surface area contributed by atoms with Gasteiger partial charge in [0, 0.05) is 28.1 Å². The standard InChI is InChI=1S/C21H18ClN5O2S/c22-14-8-9-17-16(11-14)18(13-5-2-1-3-6-13)19(20(28)23-17)30-21-24-25-26-27(21)12-15-7-4-10-29-15/h1-3,5-6,8-9,11,15H,4,7,10,12H2,(H,23,28)/t15-/m0/s1. The highest BCUT2D eigenvalue weighted by Crippen LogP contribution is 2.37. The number of pyridine rings is 1. The van der Waals surface area contributed by atoms with Gasteiger partial charge < -0.3 is 9.72 Å². The minimum Gasteiger partial charge on any atom is -0.376 e. The second kappa shape index (κ2) is 8.22. The van der Waals surface area contributed by atoms with Crippen molar-refractivity contribution in [3.8, 4) is 11.1 Å². The third kappa shape index (κ3) is 3.74. The first-order valence-electron chi connectivity index (χ1n) is 9.65. The van der Waals surface area contributed by atoms with E-state index in [0.29, 0.717) is 21.6 Å². The van der Waals surface area contributed by atoms with Crippen LogP contribution in [0.1, 0.15) is 12.8 Å². The molecule has 0 aliphatic carbocycles. The number of aromatic amines is 1. The smallest absolute Gasteiger partial charge is 0.263 e. The van der Waals surface area contributed by atoms with Crippen LogP contribution in [0.3, 0.4) is 0 Å². The first-order valence-corrected chi connectivity index (χ1v) is 10.8. The molecule has 5 rings (SSSR count). The van der Waals surface area contributed by atoms with Gasteiger partial charge in [-0.25, -0.2) is 4.68 Å². The van der Waals surface area contributed by atoms with Crippen molar-refractivity contribution in [3.05, 3.63) is 63.9 Å². The molecule has 7 nitrogen and oxygen atoms in total. The lowest BCUT2D eigenvalue weighted by molar-refractivity contribution is 0.0912. The van der Waals surface area contributed by atoms with Crippen LogP contribution in [0.5, 0.6) is 0 Å². The SMILES string of the molecule is O=c1[nH]c2ccc(Cl)cc2c(-c2ccccc2)c1Sc1nnnn1C[C@@H]1CCCO1. The Morgan fingerprint density at radius 2 is 2.10 bits per heavy atom. The maximum atomic E-state index is 13.1. The highest BCUT2D eigenvalue weighted by atomic mass is 35.5. The van der Waals surface area contributed by atoms with Gasteiger partial charge in [-0.1, -0.05) is 41.9 Å². The van der Waals surface area contributed by atoms with Gasteiger partial charge in [0.1, 0.15) is 0 Å². The highest BCUT2D eigenvalue weighted by molar-refractivity contribution is 7.99. The minimum atomic E-state index is -0.194. The molecule has 152 valence electrons. The summed E-state index contributed by atoms with van der Waals surface area (Å²) >= 11 is 7.54. The number of hydrogen-bond acceptors (Lipinski definition) is 6. The number of rotatable bonds is 5. The van der Waals surface area contributed by atoms with Crippen molar-refractivity contribution in [2.75, 3.05) is 6.61 Å². The first-order chi connectivity index (χ1) is 14.7. The fourth-order valence-corrected chi connectivity index (χ4v) is 4.81. The van der Waals surface area contributed by atoms with E-state index in [9.17, 15) is 4.79 Å². The average molecular weight is 440 g/mol. The Kier molecular flexibility index (Phi) is 5.28. The summed E-state index contributed by atoms with van der Waals surface area (Å²) in [6.07, 6.45) is 2.11. The van der Waals surface area contributed by atoms with Crippen molar-refractivity contribution in [2.24, 2.45) is 0 Å². The van der Waals surface area contributed by atoms with Crippen molar-refractivity contribution in [3.63, 3.8) is 0 Å². The molecule has 1 N–H and O–H groups in total. The number of nitrogens with one attached hydrogen (secondary N) is 1. The molecule has 2 aromatic carbocycles. The molecule has 30 heavy (non-hydrogen) atoms. The largest absolute Gasteiger partial charge is 0.376 e. The lowest BCUT2D eigenvalue weighted by atomic mass is 10.0. The Morgan fingerprint density at radius 1 is 1.23 bits per heavy atom. The van der Waals surface area contributed by atoms with Crippen molar-refractivity contribution in [2.45, 2.75) is 35.5 Å². The maximum Gasteiger partial charge on any atom is 0.263 e. The zero-order chi connectivity index (χ0) is 20.5. The second-order valence-electron chi connectivity index (χ2n) is 7.09. The summed E-state index contributed by atoms with van der Waals surface area (Å²) in [7, 11) is 0. The zero-order valence-electron chi connectivity index (χ0n) is 15.9. The average Bonchev–Trinajstić information content (AvgIpc) is 3.42. The molecule has 0 unspecified atom stereocenters. The van der Waals surface area contributed by atoms with Gasteiger partial charge in [0.05, 0.1) is 17.5 Å². The monoisotopic (exact) mass is 439 g/mol. The molecule has 0 saturated carbocycles. The molecular weight excluding hydrogens is 422 g/mol. The lowest BCUT2D eigenvalue weighted by Gasteiger charge is -2.14. The summed E-state index contributed by atoms with van der Waals surface area (Å²) in [5.41, 5.74) is 2.27. The van der Waals surface area contributed by atoms with E-state index in [-0.39, 0.29) is 11.7 Å². The van der Waals surface area contributed by atoms with Gasteiger partial charge >= 0.3 is 0 Å². The van der Waals surface area contributed by atoms with E-state index < -0.39 is 0 Å². The molecule has 0 amide bonds. The number of nitrogens with zero attached hydrogens (tertiary/aromatic N) is 4. The molecular formula is C21H18ClN5O2S. The molecule has 1 aliphatic heterocycles. The van der Waals surface area contributed by atoms with E-state index in [1.165, 1.54) is 11.8 Å². The zero-order valence-corrected chi connectivity index (χ0v) is 17.5. The van der Waals surface area contributed by atoms with Crippen molar-refractivity contribution in [1.29, 1.82) is 0 Å². The van der Waals surface area contributed by atoms with Crippen LogP contribution in [-0.4, -0.2) is 37.9 Å². The van der Waals surface area contributed by atoms with Gasteiger partial charge in [-0.15, -0.1) is 5.10 Å². The molecule has 0 spiro atoms. The highest BCUT2D eigenvalue weighted by Gasteiger charge is 2.22. The topological polar surface area (TPSA) is 85.7 Å². The lowest BCUT2D eigenvalue weighted by Crippen LogP contribution is -2.17. The van der Waals surface area contributed by atoms with Crippen LogP contribution < -0.4 is 5.56 Å². The van der Waals surface area contributed by atoms with Crippen LogP contribution >= 0.6 is 23.4 Å². The van der Waals surface area contributed by atoms with Crippen molar-refractivity contribution >= 4 is 34.3 Å². The van der Waals surface area contributed by atoms with Gasteiger partial charge in [0.2, 0.25) is 5.16 Å². The van der Waals surface area contributed by atoms with Crippen LogP contribution in [0.4, 0.5) is 0 Å². The first kappa shape index (κ1) is 19.3. The molecule has 4 aromatic rings. The number of halogens is 1. The number of hydrogen-bond donors (Lipinski definition) is 1. The number of H-pyrrole nitrogens is 1. The predicted octanol–water partition coefficient (Wildman–Crippen LogP) is 4.17. The van der Waals surface area contributed by atoms with Crippen molar-refractivity contribution < 1.29 is 4.74 Å². The quantitative estimate of drug-likeness (QED) is 0.502. The molecule has 0 radical (unpaired) electrons. The summed E-state index contributed by atoms with van der Waals surface area (Å²) in [5, 5.41) is 14.1. The molecule has 1 aliphatic rings. The number of benzene rings is 2. The normalized spacial score (nSPS) is 16.4. The molecule has 2 aromatic heterocycles. The van der Waals surface area contributed by atoms with E-state index in [4.69, 9.17) is 16.3 Å². The van der Waals surface area contributed by atoms with Crippen LogP contribution in [0.2, 0.25) is 5.02 Å². The van der Waals surface area contributed by atoms with Crippen LogP contribution in [-0.2, 0) is 11.3 Å². The van der Waals surface area contributed by atoms with Gasteiger partial charge in [-0.05, 0) is 58.8 Å². The van der Waals surface area contributed by atoms with Gasteiger partial charge in [-0.2, -0.15) is 0 Å². The molecule has 3 heterocycles. The number of fused-ring (bicyclic) bond motifs is 1. The van der Waals surface area contributed by atoms with E-state index >= 15 is 0 Å². The molecule has 0 bridgehead atoms. The number of aromatic nitrogens is 5. The van der Waals surface area contributed by atoms with E-state index in [1.807, 2.05) is 42.5 Å². The summed E-state index contributed by atoms with van der Waals surface area (Å²) in [6, 6.07) is 15.3. The fourth-order valence-electron chi connectivity index (χ4n) is 3.69. The van der Waals surface area contributed by atoms with Crippen LogP contribution in [0.15, 0.2) is 63.4 Å². The Labute approximate surface area is 181 Å². The summed E-state index contributed by atoms with van der Waals surface area (Å²) < 4.78 is 7.42. The second-order valence-corrected chi connectivity index (χ2v) is 8.51. The maximum absolute atomic E-state index is 13.1. The Morgan fingerprint density at radius 3 is 2.90 bits per heavy atom. The molecule has 1 atom stereocenters. The van der Waals surface area contributed by atoms with Crippen molar-refractivity contribution in [1.82, 2.24) is 25.2 Å². The summed E-state index contributed by atoms with van der Waals surface area (Å²) in [5.74, 6) is 0.